The van der Waals surface area contributed by atoms with Crippen molar-refractivity contribution >= 4 is 12.2 Å². The minimum Gasteiger partial charge on any atom is -0.508 e. The fourth-order valence-corrected chi connectivity index (χ4v) is 2.04. The van der Waals surface area contributed by atoms with Gasteiger partial charge in [-0.25, -0.2) is 0 Å². The fourth-order valence-electron chi connectivity index (χ4n) is 2.04. The molecule has 0 aliphatic carbocycles. The second-order valence-corrected chi connectivity index (χ2v) is 4.73. The van der Waals surface area contributed by atoms with E-state index in [0.717, 1.165) is 16.7 Å². The standard InChI is InChI=1S/C18H18O3/c1-2-3-4-17-14(11-16(20)12-18(17)21)8-5-13-6-9-15(19)10-7-13/h2-3,5-12,19-21H,4H2,1H3. The summed E-state index contributed by atoms with van der Waals surface area (Å²) in [5.74, 6) is 0.330. The molecule has 0 saturated heterocycles. The lowest BCUT2D eigenvalue weighted by molar-refractivity contribution is 0.446. The van der Waals surface area contributed by atoms with Crippen LogP contribution in [0.15, 0.2) is 48.6 Å². The van der Waals surface area contributed by atoms with Crippen LogP contribution in [0, 0.1) is 0 Å². The zero-order valence-corrected chi connectivity index (χ0v) is 11.8. The Bertz CT molecular complexity index is 668. The topological polar surface area (TPSA) is 60.7 Å². The van der Waals surface area contributed by atoms with Gasteiger partial charge in [0.2, 0.25) is 0 Å². The third-order valence-corrected chi connectivity index (χ3v) is 3.15. The summed E-state index contributed by atoms with van der Waals surface area (Å²) in [6.45, 7) is 1.92. The molecular weight excluding hydrogens is 264 g/mol. The van der Waals surface area contributed by atoms with Crippen molar-refractivity contribution in [3.8, 4) is 17.2 Å². The van der Waals surface area contributed by atoms with E-state index in [1.165, 1.54) is 6.07 Å². The van der Waals surface area contributed by atoms with E-state index in [1.807, 2.05) is 31.2 Å². The summed E-state index contributed by atoms with van der Waals surface area (Å²) in [6, 6.07) is 9.77. The van der Waals surface area contributed by atoms with Gasteiger partial charge in [-0.1, -0.05) is 36.4 Å². The van der Waals surface area contributed by atoms with Crippen LogP contribution in [-0.4, -0.2) is 15.3 Å². The van der Waals surface area contributed by atoms with Crippen molar-refractivity contribution in [1.82, 2.24) is 0 Å². The van der Waals surface area contributed by atoms with Gasteiger partial charge in [-0.15, -0.1) is 0 Å². The van der Waals surface area contributed by atoms with Gasteiger partial charge in [-0.3, -0.25) is 0 Å². The molecule has 0 spiro atoms. The van der Waals surface area contributed by atoms with Crippen LogP contribution >= 0.6 is 0 Å². The molecule has 3 N–H and O–H groups in total. The Morgan fingerprint density at radius 2 is 1.62 bits per heavy atom. The number of hydrogen-bond acceptors (Lipinski definition) is 3. The maximum absolute atomic E-state index is 9.97. The van der Waals surface area contributed by atoms with Gasteiger partial charge >= 0.3 is 0 Å². The summed E-state index contributed by atoms with van der Waals surface area (Å²) >= 11 is 0. The highest BCUT2D eigenvalue weighted by Crippen LogP contribution is 2.29. The molecule has 0 bridgehead atoms. The van der Waals surface area contributed by atoms with Crippen molar-refractivity contribution < 1.29 is 15.3 Å². The lowest BCUT2D eigenvalue weighted by atomic mass is 10.0. The zero-order valence-electron chi connectivity index (χ0n) is 11.8. The van der Waals surface area contributed by atoms with Crippen LogP contribution in [0.3, 0.4) is 0 Å². The van der Waals surface area contributed by atoms with Crippen molar-refractivity contribution in [2.24, 2.45) is 0 Å². The monoisotopic (exact) mass is 282 g/mol. The van der Waals surface area contributed by atoms with E-state index in [2.05, 4.69) is 0 Å². The van der Waals surface area contributed by atoms with Crippen LogP contribution in [0.25, 0.3) is 12.2 Å². The molecule has 3 nitrogen and oxygen atoms in total. The number of allylic oxidation sites excluding steroid dienone is 2. The first kappa shape index (κ1) is 14.7. The van der Waals surface area contributed by atoms with E-state index in [0.29, 0.717) is 6.42 Å². The summed E-state index contributed by atoms with van der Waals surface area (Å²) < 4.78 is 0. The second kappa shape index (κ2) is 6.66. The average molecular weight is 282 g/mol. The lowest BCUT2D eigenvalue weighted by Crippen LogP contribution is -1.88. The molecule has 0 fully saturated rings. The van der Waals surface area contributed by atoms with Crippen molar-refractivity contribution in [3.05, 3.63) is 65.2 Å². The van der Waals surface area contributed by atoms with E-state index < -0.39 is 0 Å². The molecule has 0 aromatic heterocycles. The van der Waals surface area contributed by atoms with Gasteiger partial charge in [0.25, 0.3) is 0 Å². The Hall–Kier alpha value is -2.68. The van der Waals surface area contributed by atoms with Gasteiger partial charge < -0.3 is 15.3 Å². The predicted molar refractivity (Wildman–Crippen MR) is 85.3 cm³/mol. The average Bonchev–Trinajstić information content (AvgIpc) is 2.45. The quantitative estimate of drug-likeness (QED) is 0.584. The Morgan fingerprint density at radius 1 is 0.905 bits per heavy atom. The second-order valence-electron chi connectivity index (χ2n) is 4.73. The molecule has 0 aliphatic heterocycles. The Labute approximate surface area is 124 Å². The van der Waals surface area contributed by atoms with E-state index >= 15 is 0 Å². The fraction of sp³-hybridized carbons (Fsp3) is 0.111. The summed E-state index contributed by atoms with van der Waals surface area (Å²) in [4.78, 5) is 0. The Morgan fingerprint density at radius 3 is 2.29 bits per heavy atom. The lowest BCUT2D eigenvalue weighted by Gasteiger charge is -2.08. The van der Waals surface area contributed by atoms with Crippen molar-refractivity contribution in [3.63, 3.8) is 0 Å². The van der Waals surface area contributed by atoms with E-state index in [-0.39, 0.29) is 17.2 Å². The number of aromatic hydroxyl groups is 3. The Kier molecular flexibility index (Phi) is 4.67. The van der Waals surface area contributed by atoms with Crippen LogP contribution in [0.1, 0.15) is 23.6 Å². The van der Waals surface area contributed by atoms with E-state index in [4.69, 9.17) is 0 Å². The Balaban J connectivity index is 2.35. The first-order valence-corrected chi connectivity index (χ1v) is 6.73. The first-order valence-electron chi connectivity index (χ1n) is 6.73. The van der Waals surface area contributed by atoms with E-state index in [1.54, 1.807) is 30.3 Å². The molecular formula is C18H18O3. The summed E-state index contributed by atoms with van der Waals surface area (Å²) in [7, 11) is 0. The molecule has 2 aromatic rings. The molecule has 0 saturated carbocycles. The third-order valence-electron chi connectivity index (χ3n) is 3.15. The maximum atomic E-state index is 9.97. The highest BCUT2D eigenvalue weighted by atomic mass is 16.3. The van der Waals surface area contributed by atoms with Gasteiger partial charge in [-0.05, 0) is 42.7 Å². The van der Waals surface area contributed by atoms with Gasteiger partial charge in [-0.2, -0.15) is 0 Å². The molecule has 0 radical (unpaired) electrons. The van der Waals surface area contributed by atoms with Crippen molar-refractivity contribution in [2.75, 3.05) is 0 Å². The van der Waals surface area contributed by atoms with Crippen molar-refractivity contribution in [2.45, 2.75) is 13.3 Å². The van der Waals surface area contributed by atoms with Gasteiger partial charge in [0.15, 0.2) is 0 Å². The number of phenolic OH excluding ortho intramolecular Hbond substituents is 3. The maximum Gasteiger partial charge on any atom is 0.123 e. The first-order chi connectivity index (χ1) is 10.1. The molecule has 0 unspecified atom stereocenters. The molecule has 2 aromatic carbocycles. The molecule has 0 atom stereocenters. The van der Waals surface area contributed by atoms with Gasteiger partial charge in [0.05, 0.1) is 0 Å². The largest absolute Gasteiger partial charge is 0.508 e. The predicted octanol–water partition coefficient (Wildman–Crippen LogP) is 4.09. The van der Waals surface area contributed by atoms with Crippen LogP contribution in [-0.2, 0) is 6.42 Å². The number of rotatable bonds is 4. The van der Waals surface area contributed by atoms with Gasteiger partial charge in [0, 0.05) is 11.6 Å². The third kappa shape index (κ3) is 3.89. The van der Waals surface area contributed by atoms with E-state index in [9.17, 15) is 15.3 Å². The number of hydrogen-bond donors (Lipinski definition) is 3. The van der Waals surface area contributed by atoms with Crippen LogP contribution < -0.4 is 0 Å². The molecule has 0 aliphatic rings. The number of benzene rings is 2. The summed E-state index contributed by atoms with van der Waals surface area (Å²) in [6.07, 6.45) is 8.17. The minimum absolute atomic E-state index is 0.0297. The summed E-state index contributed by atoms with van der Waals surface area (Å²) in [5.41, 5.74) is 2.45. The van der Waals surface area contributed by atoms with Crippen LogP contribution in [0.2, 0.25) is 0 Å². The van der Waals surface area contributed by atoms with Crippen LogP contribution in [0.4, 0.5) is 0 Å². The molecule has 21 heavy (non-hydrogen) atoms. The molecule has 0 heterocycles. The smallest absolute Gasteiger partial charge is 0.123 e. The van der Waals surface area contributed by atoms with Crippen molar-refractivity contribution in [1.29, 1.82) is 0 Å². The van der Waals surface area contributed by atoms with Crippen LogP contribution in [0.5, 0.6) is 17.2 Å². The normalized spacial score (nSPS) is 11.5. The molecule has 0 amide bonds. The molecule has 3 heteroatoms. The minimum atomic E-state index is 0.0297. The number of phenols is 3. The van der Waals surface area contributed by atoms with Gasteiger partial charge in [0.1, 0.15) is 17.2 Å². The highest BCUT2D eigenvalue weighted by molar-refractivity contribution is 5.73. The summed E-state index contributed by atoms with van der Waals surface area (Å²) in [5, 5.41) is 28.9. The zero-order chi connectivity index (χ0) is 15.2. The SMILES string of the molecule is CC=CCc1c(O)cc(O)cc1C=Cc1ccc(O)cc1. The molecule has 2 rings (SSSR count). The molecule has 108 valence electrons. The highest BCUT2D eigenvalue weighted by Gasteiger charge is 2.07.